The van der Waals surface area contributed by atoms with Gasteiger partial charge in [-0.3, -0.25) is 4.90 Å². The fraction of sp³-hybridized carbons (Fsp3) is 0.600. The molecule has 0 amide bonds. The number of piperidine rings is 1. The van der Waals surface area contributed by atoms with Crippen LogP contribution in [0.2, 0.25) is 0 Å². The Kier molecular flexibility index (Phi) is 4.28. The number of hydrogen-bond acceptors (Lipinski definition) is 5. The minimum atomic E-state index is 0.504. The van der Waals surface area contributed by atoms with Crippen molar-refractivity contribution in [3.8, 4) is 0 Å². The van der Waals surface area contributed by atoms with Gasteiger partial charge in [-0.05, 0) is 42.3 Å². The Labute approximate surface area is 119 Å². The molecule has 108 valence electrons. The van der Waals surface area contributed by atoms with Gasteiger partial charge in [-0.15, -0.1) is 4.91 Å². The first-order chi connectivity index (χ1) is 9.86. The molecule has 3 rings (SSSR count). The van der Waals surface area contributed by atoms with Gasteiger partial charge in [-0.1, -0.05) is 0 Å². The van der Waals surface area contributed by atoms with E-state index in [9.17, 15) is 4.91 Å². The molecule has 2 heterocycles. The average molecular weight is 274 g/mol. The van der Waals surface area contributed by atoms with Crippen molar-refractivity contribution in [1.82, 2.24) is 10.2 Å². The predicted molar refractivity (Wildman–Crippen MR) is 81.6 cm³/mol. The van der Waals surface area contributed by atoms with Crippen LogP contribution in [0.1, 0.15) is 12.8 Å². The van der Waals surface area contributed by atoms with Crippen LogP contribution in [0.4, 0.5) is 11.4 Å². The minimum absolute atomic E-state index is 0.504. The number of nitrogens with one attached hydrogen (secondary N) is 1. The highest BCUT2D eigenvalue weighted by Gasteiger charge is 2.25. The predicted octanol–water partition coefficient (Wildman–Crippen LogP) is 1.96. The van der Waals surface area contributed by atoms with Crippen molar-refractivity contribution >= 4 is 11.4 Å². The van der Waals surface area contributed by atoms with E-state index in [1.807, 2.05) is 12.1 Å². The van der Waals surface area contributed by atoms with Crippen molar-refractivity contribution in [3.05, 3.63) is 29.2 Å². The van der Waals surface area contributed by atoms with Crippen LogP contribution in [0, 0.1) is 4.91 Å². The molecular weight excluding hydrogens is 252 g/mol. The van der Waals surface area contributed by atoms with E-state index >= 15 is 0 Å². The Bertz CT molecular complexity index is 434. The molecule has 0 aliphatic carbocycles. The molecule has 0 radical (unpaired) electrons. The van der Waals surface area contributed by atoms with Crippen molar-refractivity contribution in [3.63, 3.8) is 0 Å². The number of hydrogen-bond donors (Lipinski definition) is 1. The molecule has 0 saturated carbocycles. The zero-order valence-electron chi connectivity index (χ0n) is 11.8. The van der Waals surface area contributed by atoms with Gasteiger partial charge in [-0.25, -0.2) is 0 Å². The molecule has 0 bridgehead atoms. The van der Waals surface area contributed by atoms with Crippen molar-refractivity contribution < 1.29 is 0 Å². The van der Waals surface area contributed by atoms with Gasteiger partial charge in [0.15, 0.2) is 0 Å². The van der Waals surface area contributed by atoms with E-state index in [0.29, 0.717) is 5.69 Å². The summed E-state index contributed by atoms with van der Waals surface area (Å²) in [6, 6.07) is 8.34. The number of benzene rings is 1. The summed E-state index contributed by atoms with van der Waals surface area (Å²) in [7, 11) is 0. The first-order valence-corrected chi connectivity index (χ1v) is 7.50. The van der Waals surface area contributed by atoms with Gasteiger partial charge in [-0.2, -0.15) is 0 Å². The second-order valence-electron chi connectivity index (χ2n) is 5.61. The van der Waals surface area contributed by atoms with Crippen LogP contribution in [-0.4, -0.2) is 50.2 Å². The first-order valence-electron chi connectivity index (χ1n) is 7.50. The van der Waals surface area contributed by atoms with Crippen LogP contribution >= 0.6 is 0 Å². The minimum Gasteiger partial charge on any atom is -0.371 e. The van der Waals surface area contributed by atoms with E-state index in [4.69, 9.17) is 0 Å². The Morgan fingerprint density at radius 1 is 1.00 bits per heavy atom. The molecule has 2 aliphatic rings. The average Bonchev–Trinajstić information content (AvgIpc) is 2.56. The second-order valence-corrected chi connectivity index (χ2v) is 5.61. The summed E-state index contributed by atoms with van der Waals surface area (Å²) < 4.78 is 0. The monoisotopic (exact) mass is 274 g/mol. The Morgan fingerprint density at radius 2 is 1.65 bits per heavy atom. The summed E-state index contributed by atoms with van der Waals surface area (Å²) >= 11 is 0. The maximum atomic E-state index is 10.4. The Balaban J connectivity index is 1.55. The molecule has 5 nitrogen and oxygen atoms in total. The van der Waals surface area contributed by atoms with Crippen LogP contribution in [0.15, 0.2) is 29.4 Å². The first kappa shape index (κ1) is 13.5. The van der Waals surface area contributed by atoms with E-state index in [1.165, 1.54) is 31.6 Å². The Morgan fingerprint density at radius 3 is 2.25 bits per heavy atom. The third kappa shape index (κ3) is 2.99. The van der Waals surface area contributed by atoms with Crippen LogP contribution in [0.3, 0.4) is 0 Å². The van der Waals surface area contributed by atoms with Crippen LogP contribution in [0.25, 0.3) is 0 Å². The smallest absolute Gasteiger partial charge is 0.108 e. The standard InChI is InChI=1S/C15H22N4O/c20-17-13-1-3-14(4-2-13)18-9-5-15(6-10-18)19-11-7-16-8-12-19/h1-4,15-16H,5-12H2. The van der Waals surface area contributed by atoms with Crippen LogP contribution < -0.4 is 10.2 Å². The van der Waals surface area contributed by atoms with E-state index in [2.05, 4.69) is 20.3 Å². The molecule has 1 aromatic carbocycles. The van der Waals surface area contributed by atoms with Gasteiger partial charge in [0, 0.05) is 51.0 Å². The van der Waals surface area contributed by atoms with Gasteiger partial charge in [0.2, 0.25) is 0 Å². The van der Waals surface area contributed by atoms with Gasteiger partial charge >= 0.3 is 0 Å². The maximum absolute atomic E-state index is 10.4. The van der Waals surface area contributed by atoms with Gasteiger partial charge in [0.1, 0.15) is 5.69 Å². The number of rotatable bonds is 3. The molecule has 0 spiro atoms. The molecule has 2 aliphatic heterocycles. The normalized spacial score (nSPS) is 21.9. The van der Waals surface area contributed by atoms with Gasteiger partial charge in [0.25, 0.3) is 0 Å². The molecule has 2 saturated heterocycles. The van der Waals surface area contributed by atoms with E-state index in [1.54, 1.807) is 12.1 Å². The van der Waals surface area contributed by atoms with Gasteiger partial charge < -0.3 is 10.2 Å². The highest BCUT2D eigenvalue weighted by molar-refractivity contribution is 5.52. The molecule has 0 unspecified atom stereocenters. The largest absolute Gasteiger partial charge is 0.371 e. The lowest BCUT2D eigenvalue weighted by atomic mass is 10.0. The summed E-state index contributed by atoms with van der Waals surface area (Å²) in [5.74, 6) is 0. The zero-order chi connectivity index (χ0) is 13.8. The molecular formula is C15H22N4O. The SMILES string of the molecule is O=Nc1ccc(N2CCC(N3CCNCC3)CC2)cc1. The van der Waals surface area contributed by atoms with Gasteiger partial charge in [0.05, 0.1) is 0 Å². The molecule has 0 aromatic heterocycles. The lowest BCUT2D eigenvalue weighted by Gasteiger charge is -2.41. The fourth-order valence-electron chi connectivity index (χ4n) is 3.26. The van der Waals surface area contributed by atoms with Crippen molar-refractivity contribution in [1.29, 1.82) is 0 Å². The highest BCUT2D eigenvalue weighted by atomic mass is 16.3. The zero-order valence-corrected chi connectivity index (χ0v) is 11.8. The summed E-state index contributed by atoms with van der Waals surface area (Å²) in [6.45, 7) is 6.82. The highest BCUT2D eigenvalue weighted by Crippen LogP contribution is 2.24. The fourth-order valence-corrected chi connectivity index (χ4v) is 3.26. The number of piperazine rings is 1. The van der Waals surface area contributed by atoms with Crippen molar-refractivity contribution in [2.24, 2.45) is 5.18 Å². The second kappa shape index (κ2) is 6.33. The summed E-state index contributed by atoms with van der Waals surface area (Å²) in [5.41, 5.74) is 1.71. The molecule has 1 aromatic rings. The van der Waals surface area contributed by atoms with Crippen LogP contribution in [0.5, 0.6) is 0 Å². The third-order valence-electron chi connectivity index (χ3n) is 4.45. The van der Waals surface area contributed by atoms with E-state index < -0.39 is 0 Å². The topological polar surface area (TPSA) is 47.9 Å². The summed E-state index contributed by atoms with van der Waals surface area (Å²) in [6.07, 6.45) is 2.46. The molecule has 0 atom stereocenters. The van der Waals surface area contributed by atoms with E-state index in [-0.39, 0.29) is 0 Å². The molecule has 2 fully saturated rings. The number of anilines is 1. The van der Waals surface area contributed by atoms with Crippen LogP contribution in [-0.2, 0) is 0 Å². The van der Waals surface area contributed by atoms with E-state index in [0.717, 1.165) is 32.2 Å². The lowest BCUT2D eigenvalue weighted by Crippen LogP contribution is -2.52. The third-order valence-corrected chi connectivity index (χ3v) is 4.45. The molecule has 5 heteroatoms. The number of nitroso groups, excluding NO2 is 1. The quantitative estimate of drug-likeness (QED) is 0.856. The number of nitrogens with zero attached hydrogens (tertiary/aromatic N) is 3. The van der Waals surface area contributed by atoms with Crippen molar-refractivity contribution in [2.75, 3.05) is 44.2 Å². The summed E-state index contributed by atoms with van der Waals surface area (Å²) in [5, 5.41) is 6.36. The Hall–Kier alpha value is -1.46. The maximum Gasteiger partial charge on any atom is 0.108 e. The summed E-state index contributed by atoms with van der Waals surface area (Å²) in [4.78, 5) is 15.5. The molecule has 20 heavy (non-hydrogen) atoms. The lowest BCUT2D eigenvalue weighted by molar-refractivity contribution is 0.150. The molecule has 1 N–H and O–H groups in total. The van der Waals surface area contributed by atoms with Crippen molar-refractivity contribution in [2.45, 2.75) is 18.9 Å².